The predicted molar refractivity (Wildman–Crippen MR) is 94.7 cm³/mol. The normalized spacial score (nSPS) is 11.3. The van der Waals surface area contributed by atoms with Crippen molar-refractivity contribution in [2.45, 2.75) is 42.7 Å². The van der Waals surface area contributed by atoms with Gasteiger partial charge < -0.3 is 0 Å². The molecule has 3 aromatic rings. The van der Waals surface area contributed by atoms with Crippen LogP contribution in [0.3, 0.4) is 0 Å². The lowest BCUT2D eigenvalue weighted by molar-refractivity contribution is 0.584. The summed E-state index contributed by atoms with van der Waals surface area (Å²) in [6.45, 7) is 4.67. The quantitative estimate of drug-likeness (QED) is 0.638. The zero-order valence-corrected chi connectivity index (χ0v) is 15.1. The van der Waals surface area contributed by atoms with E-state index in [2.05, 4.69) is 14.3 Å². The SMILES string of the molecule is CCCn1c(Sc2nc(CC)ns2)nc2cc(Cl)ccc2c1=O. The molecule has 0 N–H and O–H groups in total. The standard InChI is InChI=1S/C15H15ClN4OS2/c1-3-7-20-13(21)10-6-5-9(16)8-11(10)17-14(20)22-15-18-12(4-2)19-23-15/h5-6,8H,3-4,7H2,1-2H3. The van der Waals surface area contributed by atoms with Gasteiger partial charge in [-0.05, 0) is 47.9 Å². The van der Waals surface area contributed by atoms with Crippen molar-refractivity contribution in [1.82, 2.24) is 18.9 Å². The minimum Gasteiger partial charge on any atom is -0.287 e. The first kappa shape index (κ1) is 16.4. The van der Waals surface area contributed by atoms with E-state index in [4.69, 9.17) is 11.6 Å². The first-order valence-electron chi connectivity index (χ1n) is 7.33. The first-order valence-corrected chi connectivity index (χ1v) is 9.29. The third kappa shape index (κ3) is 3.41. The van der Waals surface area contributed by atoms with Gasteiger partial charge in [0.05, 0.1) is 10.9 Å². The highest BCUT2D eigenvalue weighted by atomic mass is 35.5. The number of aromatic nitrogens is 4. The molecule has 120 valence electrons. The lowest BCUT2D eigenvalue weighted by Crippen LogP contribution is -2.23. The fourth-order valence-electron chi connectivity index (χ4n) is 2.17. The lowest BCUT2D eigenvalue weighted by atomic mass is 10.2. The number of halogens is 1. The molecule has 2 aromatic heterocycles. The largest absolute Gasteiger partial charge is 0.287 e. The Kier molecular flexibility index (Phi) is 4.99. The van der Waals surface area contributed by atoms with E-state index in [0.29, 0.717) is 27.6 Å². The topological polar surface area (TPSA) is 60.7 Å². The summed E-state index contributed by atoms with van der Waals surface area (Å²) in [7, 11) is 0. The summed E-state index contributed by atoms with van der Waals surface area (Å²) >= 11 is 8.74. The predicted octanol–water partition coefficient (Wildman–Crippen LogP) is 4.03. The molecule has 1 aromatic carbocycles. The van der Waals surface area contributed by atoms with E-state index >= 15 is 0 Å². The second-order valence-electron chi connectivity index (χ2n) is 4.94. The van der Waals surface area contributed by atoms with Gasteiger partial charge in [0.1, 0.15) is 5.82 Å². The van der Waals surface area contributed by atoms with Gasteiger partial charge in [0.25, 0.3) is 5.56 Å². The summed E-state index contributed by atoms with van der Waals surface area (Å²) in [5.74, 6) is 0.811. The highest BCUT2D eigenvalue weighted by molar-refractivity contribution is 8.00. The first-order chi connectivity index (χ1) is 11.1. The number of nitrogens with zero attached hydrogens (tertiary/aromatic N) is 4. The van der Waals surface area contributed by atoms with E-state index in [9.17, 15) is 4.79 Å². The molecule has 0 aliphatic rings. The Hall–Kier alpha value is -1.44. The van der Waals surface area contributed by atoms with Gasteiger partial charge in [0.15, 0.2) is 9.50 Å². The summed E-state index contributed by atoms with van der Waals surface area (Å²) in [6.07, 6.45) is 1.64. The number of hydrogen-bond acceptors (Lipinski definition) is 6. The smallest absolute Gasteiger partial charge is 0.262 e. The molecule has 5 nitrogen and oxygen atoms in total. The molecule has 0 saturated carbocycles. The Balaban J connectivity index is 2.12. The summed E-state index contributed by atoms with van der Waals surface area (Å²) in [5, 5.41) is 1.78. The number of benzene rings is 1. The van der Waals surface area contributed by atoms with Gasteiger partial charge in [-0.3, -0.25) is 9.36 Å². The van der Waals surface area contributed by atoms with Gasteiger partial charge in [-0.25, -0.2) is 9.97 Å². The maximum atomic E-state index is 12.7. The highest BCUT2D eigenvalue weighted by Crippen LogP contribution is 2.28. The molecule has 2 heterocycles. The molecule has 0 aliphatic heterocycles. The third-order valence-corrected chi connectivity index (χ3v) is 5.29. The van der Waals surface area contributed by atoms with Crippen molar-refractivity contribution in [3.63, 3.8) is 0 Å². The van der Waals surface area contributed by atoms with Gasteiger partial charge >= 0.3 is 0 Å². The maximum Gasteiger partial charge on any atom is 0.262 e. The van der Waals surface area contributed by atoms with Gasteiger partial charge in [-0.2, -0.15) is 4.37 Å². The van der Waals surface area contributed by atoms with Gasteiger partial charge in [-0.1, -0.05) is 25.4 Å². The second-order valence-corrected chi connectivity index (χ2v) is 7.35. The number of aryl methyl sites for hydroxylation is 1. The van der Waals surface area contributed by atoms with Crippen LogP contribution in [0.15, 0.2) is 32.5 Å². The molecule has 0 aliphatic carbocycles. The average molecular weight is 367 g/mol. The zero-order chi connectivity index (χ0) is 16.4. The van der Waals surface area contributed by atoms with Crippen LogP contribution in [0.4, 0.5) is 0 Å². The number of hydrogen-bond donors (Lipinski definition) is 0. The van der Waals surface area contributed by atoms with Gasteiger partial charge in [0.2, 0.25) is 0 Å². The molecule has 0 spiro atoms. The summed E-state index contributed by atoms with van der Waals surface area (Å²) in [6, 6.07) is 5.16. The summed E-state index contributed by atoms with van der Waals surface area (Å²) in [4.78, 5) is 21.8. The Morgan fingerprint density at radius 2 is 2.13 bits per heavy atom. The average Bonchev–Trinajstić information content (AvgIpc) is 2.98. The fourth-order valence-corrected chi connectivity index (χ4v) is 4.06. The van der Waals surface area contributed by atoms with Crippen LogP contribution in [0.1, 0.15) is 26.1 Å². The van der Waals surface area contributed by atoms with Crippen molar-refractivity contribution in [2.24, 2.45) is 0 Å². The Bertz CT molecular complexity index is 906. The van der Waals surface area contributed by atoms with Crippen LogP contribution in [-0.4, -0.2) is 18.9 Å². The van der Waals surface area contributed by atoms with Crippen molar-refractivity contribution in [3.8, 4) is 0 Å². The van der Waals surface area contributed by atoms with Crippen molar-refractivity contribution < 1.29 is 0 Å². The molecule has 23 heavy (non-hydrogen) atoms. The molecular formula is C15H15ClN4OS2. The van der Waals surface area contributed by atoms with Gasteiger partial charge in [0, 0.05) is 18.0 Å². The van der Waals surface area contributed by atoms with Crippen LogP contribution in [0, 0.1) is 0 Å². The molecule has 0 amide bonds. The third-order valence-electron chi connectivity index (χ3n) is 3.27. The molecule has 3 rings (SSSR count). The van der Waals surface area contributed by atoms with E-state index in [-0.39, 0.29) is 5.56 Å². The van der Waals surface area contributed by atoms with Crippen molar-refractivity contribution >= 4 is 45.8 Å². The molecule has 0 saturated heterocycles. The molecule has 0 radical (unpaired) electrons. The molecule has 0 unspecified atom stereocenters. The zero-order valence-electron chi connectivity index (χ0n) is 12.7. The molecular weight excluding hydrogens is 352 g/mol. The van der Waals surface area contributed by atoms with E-state index in [0.717, 1.165) is 23.0 Å². The number of rotatable bonds is 5. The monoisotopic (exact) mass is 366 g/mol. The van der Waals surface area contributed by atoms with Crippen LogP contribution in [0.25, 0.3) is 10.9 Å². The Morgan fingerprint density at radius 3 is 2.83 bits per heavy atom. The fraction of sp³-hybridized carbons (Fsp3) is 0.333. The molecule has 0 atom stereocenters. The lowest BCUT2D eigenvalue weighted by Gasteiger charge is -2.11. The van der Waals surface area contributed by atoms with Crippen molar-refractivity contribution in [2.75, 3.05) is 0 Å². The van der Waals surface area contributed by atoms with Crippen LogP contribution >= 0.6 is 34.9 Å². The minimum atomic E-state index is -0.0451. The van der Waals surface area contributed by atoms with Crippen LogP contribution in [-0.2, 0) is 13.0 Å². The molecule has 0 fully saturated rings. The molecule has 8 heteroatoms. The molecule has 0 bridgehead atoms. The minimum absolute atomic E-state index is 0.0451. The van der Waals surface area contributed by atoms with E-state index in [1.165, 1.54) is 23.3 Å². The summed E-state index contributed by atoms with van der Waals surface area (Å²) in [5.41, 5.74) is 0.564. The van der Waals surface area contributed by atoms with Crippen molar-refractivity contribution in [3.05, 3.63) is 39.4 Å². The van der Waals surface area contributed by atoms with Gasteiger partial charge in [-0.15, -0.1) is 0 Å². The van der Waals surface area contributed by atoms with E-state index in [1.807, 2.05) is 13.8 Å². The Morgan fingerprint density at radius 1 is 1.30 bits per heavy atom. The van der Waals surface area contributed by atoms with Crippen LogP contribution < -0.4 is 5.56 Å². The summed E-state index contributed by atoms with van der Waals surface area (Å²) < 4.78 is 6.77. The van der Waals surface area contributed by atoms with E-state index in [1.54, 1.807) is 22.8 Å². The second kappa shape index (κ2) is 6.98. The number of fused-ring (bicyclic) bond motifs is 1. The highest BCUT2D eigenvalue weighted by Gasteiger charge is 2.14. The van der Waals surface area contributed by atoms with Crippen LogP contribution in [0.5, 0.6) is 0 Å². The maximum absolute atomic E-state index is 12.7. The van der Waals surface area contributed by atoms with E-state index < -0.39 is 0 Å². The Labute approximate surface area is 146 Å². The van der Waals surface area contributed by atoms with Crippen molar-refractivity contribution in [1.29, 1.82) is 0 Å². The van der Waals surface area contributed by atoms with Crippen LogP contribution in [0.2, 0.25) is 5.02 Å².